The first kappa shape index (κ1) is 22.2. The van der Waals surface area contributed by atoms with Crippen LogP contribution in [0.3, 0.4) is 0 Å². The number of benzene rings is 1. The van der Waals surface area contributed by atoms with Gasteiger partial charge < -0.3 is 15.5 Å². The lowest BCUT2D eigenvalue weighted by molar-refractivity contribution is 0.0946. The molecule has 2 aromatic heterocycles. The van der Waals surface area contributed by atoms with Crippen LogP contribution < -0.4 is 15.5 Å². The van der Waals surface area contributed by atoms with Gasteiger partial charge in [0.25, 0.3) is 5.91 Å². The Labute approximate surface area is 192 Å². The molecule has 32 heavy (non-hydrogen) atoms. The Hall–Kier alpha value is -3.00. The summed E-state index contributed by atoms with van der Waals surface area (Å²) in [5.74, 6) is 1.94. The third-order valence-corrected chi connectivity index (χ3v) is 7.10. The summed E-state index contributed by atoms with van der Waals surface area (Å²) in [4.78, 5) is 36.5. The summed E-state index contributed by atoms with van der Waals surface area (Å²) in [6, 6.07) is 11.8. The van der Waals surface area contributed by atoms with Crippen molar-refractivity contribution in [3.05, 3.63) is 46.2 Å². The highest BCUT2D eigenvalue weighted by molar-refractivity contribution is 7.15. The van der Waals surface area contributed by atoms with E-state index in [2.05, 4.69) is 10.6 Å². The number of anilines is 2. The number of amides is 1. The van der Waals surface area contributed by atoms with Crippen LogP contribution in [0.4, 0.5) is 11.8 Å². The molecule has 1 saturated carbocycles. The molecule has 168 valence electrons. The third-order valence-electron chi connectivity index (χ3n) is 5.91. The van der Waals surface area contributed by atoms with Crippen LogP contribution in [-0.4, -0.2) is 48.3 Å². The molecular formula is C24H29N5O2S. The van der Waals surface area contributed by atoms with Gasteiger partial charge in [-0.25, -0.2) is 4.98 Å². The highest BCUT2D eigenvalue weighted by Crippen LogP contribution is 2.28. The minimum Gasteiger partial charge on any atom is -0.362 e. The number of carbonyl (C=O) groups excluding carboxylic acids is 2. The van der Waals surface area contributed by atoms with Crippen molar-refractivity contribution in [3.63, 3.8) is 0 Å². The van der Waals surface area contributed by atoms with E-state index in [1.165, 1.54) is 18.3 Å². The Balaban J connectivity index is 1.30. The van der Waals surface area contributed by atoms with E-state index in [1.54, 1.807) is 12.1 Å². The zero-order chi connectivity index (χ0) is 22.7. The molecule has 8 heteroatoms. The Kier molecular flexibility index (Phi) is 6.69. The summed E-state index contributed by atoms with van der Waals surface area (Å²) in [7, 11) is 3.99. The first-order valence-electron chi connectivity index (χ1n) is 11.0. The van der Waals surface area contributed by atoms with Crippen molar-refractivity contribution in [1.29, 1.82) is 0 Å². The second-order valence-electron chi connectivity index (χ2n) is 8.57. The van der Waals surface area contributed by atoms with E-state index >= 15 is 0 Å². The van der Waals surface area contributed by atoms with Gasteiger partial charge in [-0.1, -0.05) is 12.1 Å². The number of hydrogen-bond donors (Lipinski definition) is 2. The largest absolute Gasteiger partial charge is 0.362 e. The number of thiophene rings is 1. The van der Waals surface area contributed by atoms with Crippen molar-refractivity contribution < 1.29 is 9.59 Å². The summed E-state index contributed by atoms with van der Waals surface area (Å²) in [6.07, 6.45) is 4.10. The van der Waals surface area contributed by atoms with Gasteiger partial charge in [-0.2, -0.15) is 4.98 Å². The minimum absolute atomic E-state index is 0.00651. The van der Waals surface area contributed by atoms with Crippen molar-refractivity contribution in [2.75, 3.05) is 30.9 Å². The second-order valence-corrected chi connectivity index (χ2v) is 9.66. The lowest BCUT2D eigenvalue weighted by Crippen LogP contribution is -2.34. The van der Waals surface area contributed by atoms with Crippen molar-refractivity contribution in [2.24, 2.45) is 5.92 Å². The Morgan fingerprint density at radius 3 is 2.44 bits per heavy atom. The molecule has 0 aliphatic heterocycles. The van der Waals surface area contributed by atoms with E-state index in [0.717, 1.165) is 42.4 Å². The zero-order valence-electron chi connectivity index (χ0n) is 18.7. The summed E-state index contributed by atoms with van der Waals surface area (Å²) >= 11 is 1.25. The average Bonchev–Trinajstić information content (AvgIpc) is 3.29. The second kappa shape index (κ2) is 9.65. The van der Waals surface area contributed by atoms with Gasteiger partial charge in [0.2, 0.25) is 5.95 Å². The summed E-state index contributed by atoms with van der Waals surface area (Å²) in [6.45, 7) is 2.18. The first-order chi connectivity index (χ1) is 15.4. The predicted octanol–water partition coefficient (Wildman–Crippen LogP) is 4.36. The molecule has 1 fully saturated rings. The van der Waals surface area contributed by atoms with E-state index in [-0.39, 0.29) is 11.7 Å². The number of nitrogens with one attached hydrogen (secondary N) is 2. The standard InChI is InChI=1S/C24H29N5O2S/c1-15(30)20-12-13-21(32-20)23(31)25-14-16-8-10-17(11-9-16)26-24-27-19-7-5-4-6-18(19)22(28-24)29(2)3/h4-7,12-13,16-17H,8-11,14H2,1-3H3,(H,25,31)(H,26,27,28). The van der Waals surface area contributed by atoms with Crippen molar-refractivity contribution in [2.45, 2.75) is 38.6 Å². The highest BCUT2D eigenvalue weighted by atomic mass is 32.1. The van der Waals surface area contributed by atoms with Crippen LogP contribution in [0.2, 0.25) is 0 Å². The molecule has 0 atom stereocenters. The maximum atomic E-state index is 12.4. The molecule has 1 aliphatic rings. The van der Waals surface area contributed by atoms with E-state index in [1.807, 2.05) is 43.3 Å². The number of Topliss-reactive ketones (excluding diaryl/α,β-unsaturated/α-hetero) is 1. The van der Waals surface area contributed by atoms with Gasteiger partial charge in [-0.15, -0.1) is 11.3 Å². The fourth-order valence-electron chi connectivity index (χ4n) is 4.13. The SMILES string of the molecule is CC(=O)c1ccc(C(=O)NCC2CCC(Nc3nc(N(C)C)c4ccccc4n3)CC2)s1. The van der Waals surface area contributed by atoms with Crippen LogP contribution in [0.25, 0.3) is 10.9 Å². The first-order valence-corrected chi connectivity index (χ1v) is 11.8. The van der Waals surface area contributed by atoms with Crippen LogP contribution >= 0.6 is 11.3 Å². The van der Waals surface area contributed by atoms with Gasteiger partial charge in [-0.3, -0.25) is 9.59 Å². The summed E-state index contributed by atoms with van der Waals surface area (Å²) < 4.78 is 0. The van der Waals surface area contributed by atoms with Gasteiger partial charge in [0, 0.05) is 32.1 Å². The molecule has 0 unspecified atom stereocenters. The van der Waals surface area contributed by atoms with Crippen LogP contribution in [0.5, 0.6) is 0 Å². The van der Waals surface area contributed by atoms with Gasteiger partial charge in [0.05, 0.1) is 15.3 Å². The molecule has 0 radical (unpaired) electrons. The topological polar surface area (TPSA) is 87.2 Å². The average molecular weight is 452 g/mol. The number of nitrogens with zero attached hydrogens (tertiary/aromatic N) is 3. The molecule has 7 nitrogen and oxygen atoms in total. The minimum atomic E-state index is -0.0940. The number of carbonyl (C=O) groups is 2. The van der Waals surface area contributed by atoms with Crippen LogP contribution in [0.1, 0.15) is 52.0 Å². The number of fused-ring (bicyclic) bond motifs is 1. The zero-order valence-corrected chi connectivity index (χ0v) is 19.5. The Morgan fingerprint density at radius 1 is 1.03 bits per heavy atom. The quantitative estimate of drug-likeness (QED) is 0.519. The van der Waals surface area contributed by atoms with E-state index in [4.69, 9.17) is 9.97 Å². The fraction of sp³-hybridized carbons (Fsp3) is 0.417. The number of hydrogen-bond acceptors (Lipinski definition) is 7. The number of aromatic nitrogens is 2. The van der Waals surface area contributed by atoms with Crippen molar-refractivity contribution >= 4 is 45.7 Å². The van der Waals surface area contributed by atoms with Crippen LogP contribution in [0.15, 0.2) is 36.4 Å². The van der Waals surface area contributed by atoms with Crippen LogP contribution in [0, 0.1) is 5.92 Å². The molecule has 0 bridgehead atoms. The van der Waals surface area contributed by atoms with E-state index in [9.17, 15) is 9.59 Å². The summed E-state index contributed by atoms with van der Waals surface area (Å²) in [5, 5.41) is 7.61. The number of ketones is 1. The molecule has 1 aliphatic carbocycles. The van der Waals surface area contributed by atoms with Gasteiger partial charge in [-0.05, 0) is 62.8 Å². The molecule has 0 spiro atoms. The molecule has 2 N–H and O–H groups in total. The lowest BCUT2D eigenvalue weighted by atomic mass is 9.86. The summed E-state index contributed by atoms with van der Waals surface area (Å²) in [5.41, 5.74) is 0.937. The van der Waals surface area contributed by atoms with E-state index < -0.39 is 0 Å². The van der Waals surface area contributed by atoms with E-state index in [0.29, 0.717) is 34.2 Å². The maximum Gasteiger partial charge on any atom is 0.261 e. The van der Waals surface area contributed by atoms with Crippen molar-refractivity contribution in [3.8, 4) is 0 Å². The number of para-hydroxylation sites is 1. The normalized spacial score (nSPS) is 18.3. The number of rotatable bonds is 7. The Morgan fingerprint density at radius 2 is 1.75 bits per heavy atom. The smallest absolute Gasteiger partial charge is 0.261 e. The molecule has 1 aromatic carbocycles. The molecule has 4 rings (SSSR count). The monoisotopic (exact) mass is 451 g/mol. The molecule has 1 amide bonds. The predicted molar refractivity (Wildman–Crippen MR) is 130 cm³/mol. The molecular weight excluding hydrogens is 422 g/mol. The Bertz CT molecular complexity index is 1120. The van der Waals surface area contributed by atoms with Crippen molar-refractivity contribution in [1.82, 2.24) is 15.3 Å². The molecule has 2 heterocycles. The lowest BCUT2D eigenvalue weighted by Gasteiger charge is -2.29. The molecule has 0 saturated heterocycles. The van der Waals surface area contributed by atoms with Crippen LogP contribution in [-0.2, 0) is 0 Å². The van der Waals surface area contributed by atoms with Gasteiger partial charge in [0.1, 0.15) is 5.82 Å². The van der Waals surface area contributed by atoms with Gasteiger partial charge in [0.15, 0.2) is 5.78 Å². The molecule has 3 aromatic rings. The third kappa shape index (κ3) is 5.07. The van der Waals surface area contributed by atoms with Gasteiger partial charge >= 0.3 is 0 Å². The fourth-order valence-corrected chi connectivity index (χ4v) is 4.95. The highest BCUT2D eigenvalue weighted by Gasteiger charge is 2.23. The maximum absolute atomic E-state index is 12.4.